The standard InChI is InChI=1S/C36H55N7O6/c1-5-10-25(29(44)34(48)39-23-15-16-23)40-33(47)28-24-14-9-13-22(24)20-43(28)35(49)30(36(2,3)4)42-32(46)27(21-11-7-6-8-12-21)41-31(45)26-19-37-17-18-38-26/h17-19,21-25,27-30,44H,5-16,20H2,1-4H3,(H,39,48)(H,40,47)(H,41,45)(H,42,46)/t22-,24-,25-,27?,28-,29+,30?/m0/s1. The molecule has 270 valence electrons. The van der Waals surface area contributed by atoms with Crippen molar-refractivity contribution in [3.63, 3.8) is 0 Å². The molecule has 5 amide bonds. The van der Waals surface area contributed by atoms with Gasteiger partial charge in [-0.05, 0) is 68.1 Å². The van der Waals surface area contributed by atoms with Crippen LogP contribution in [0.1, 0.15) is 115 Å². The van der Waals surface area contributed by atoms with Crippen molar-refractivity contribution in [1.82, 2.24) is 36.1 Å². The van der Waals surface area contributed by atoms with Gasteiger partial charge in [-0.1, -0.05) is 59.8 Å². The minimum Gasteiger partial charge on any atom is -0.381 e. The van der Waals surface area contributed by atoms with Gasteiger partial charge >= 0.3 is 0 Å². The molecule has 1 aromatic rings. The van der Waals surface area contributed by atoms with Crippen molar-refractivity contribution in [1.29, 1.82) is 0 Å². The number of aliphatic hydroxyl groups is 1. The largest absolute Gasteiger partial charge is 0.381 e. The number of fused-ring (bicyclic) bond motifs is 1. The summed E-state index contributed by atoms with van der Waals surface area (Å²) < 4.78 is 0. The van der Waals surface area contributed by atoms with E-state index in [0.717, 1.165) is 64.2 Å². The molecule has 1 aliphatic heterocycles. The summed E-state index contributed by atoms with van der Waals surface area (Å²) in [5.74, 6) is -2.18. The Labute approximate surface area is 289 Å². The fourth-order valence-electron chi connectivity index (χ4n) is 8.00. The number of carbonyl (C=O) groups is 5. The molecule has 1 aromatic heterocycles. The van der Waals surface area contributed by atoms with Gasteiger partial charge in [-0.25, -0.2) is 4.98 Å². The van der Waals surface area contributed by atoms with E-state index in [2.05, 4.69) is 31.2 Å². The molecular formula is C36H55N7O6. The molecule has 2 heterocycles. The van der Waals surface area contributed by atoms with Gasteiger partial charge in [0.15, 0.2) is 6.10 Å². The van der Waals surface area contributed by atoms with Gasteiger partial charge in [-0.2, -0.15) is 0 Å². The molecule has 0 spiro atoms. The zero-order valence-corrected chi connectivity index (χ0v) is 29.5. The first-order chi connectivity index (χ1) is 23.4. The zero-order valence-electron chi connectivity index (χ0n) is 29.5. The second kappa shape index (κ2) is 15.9. The maximum atomic E-state index is 14.6. The van der Waals surface area contributed by atoms with Crippen LogP contribution in [0.5, 0.6) is 0 Å². The van der Waals surface area contributed by atoms with E-state index >= 15 is 0 Å². The van der Waals surface area contributed by atoms with Crippen molar-refractivity contribution in [2.45, 2.75) is 141 Å². The number of rotatable bonds is 13. The normalized spacial score (nSPS) is 25.0. The summed E-state index contributed by atoms with van der Waals surface area (Å²) in [5.41, 5.74) is -0.618. The molecule has 0 bridgehead atoms. The van der Waals surface area contributed by atoms with Crippen LogP contribution in [0.4, 0.5) is 0 Å². The molecular weight excluding hydrogens is 626 g/mol. The number of carbonyl (C=O) groups excluding carboxylic acids is 5. The molecule has 1 saturated heterocycles. The quantitative estimate of drug-likeness (QED) is 0.210. The number of hydrogen-bond acceptors (Lipinski definition) is 8. The Morgan fingerprint density at radius 2 is 1.65 bits per heavy atom. The molecule has 0 aromatic carbocycles. The first-order valence-electron chi connectivity index (χ1n) is 18.4. The molecule has 5 N–H and O–H groups in total. The van der Waals surface area contributed by atoms with Crippen LogP contribution in [0.3, 0.4) is 0 Å². The summed E-state index contributed by atoms with van der Waals surface area (Å²) in [5, 5.41) is 22.6. The lowest BCUT2D eigenvalue weighted by atomic mass is 9.82. The minimum absolute atomic E-state index is 0.0544. The highest BCUT2D eigenvalue weighted by molar-refractivity contribution is 5.98. The van der Waals surface area contributed by atoms with Crippen molar-refractivity contribution >= 4 is 29.5 Å². The predicted octanol–water partition coefficient (Wildman–Crippen LogP) is 2.24. The SMILES string of the molecule is CCC[C@H](NC(=O)[C@@H]1[C@H]2CCC[C@H]2CN1C(=O)C(NC(=O)C(NC(=O)c1cnccn1)C1CCCCC1)C(C)(C)C)[C@@H](O)C(=O)NC1CC1. The summed E-state index contributed by atoms with van der Waals surface area (Å²) in [4.78, 5) is 78.5. The summed E-state index contributed by atoms with van der Waals surface area (Å²) in [7, 11) is 0. The molecule has 3 saturated carbocycles. The Balaban J connectivity index is 1.35. The number of aliphatic hydroxyl groups excluding tert-OH is 1. The molecule has 2 unspecified atom stereocenters. The summed E-state index contributed by atoms with van der Waals surface area (Å²) in [6.45, 7) is 7.95. The van der Waals surface area contributed by atoms with Crippen LogP contribution in [-0.2, 0) is 19.2 Å². The van der Waals surface area contributed by atoms with Crippen LogP contribution >= 0.6 is 0 Å². The van der Waals surface area contributed by atoms with Crippen LogP contribution in [0, 0.1) is 23.2 Å². The lowest BCUT2D eigenvalue weighted by molar-refractivity contribution is -0.146. The smallest absolute Gasteiger partial charge is 0.272 e. The van der Waals surface area contributed by atoms with Crippen molar-refractivity contribution in [3.05, 3.63) is 24.3 Å². The topological polar surface area (TPSA) is 183 Å². The van der Waals surface area contributed by atoms with E-state index in [9.17, 15) is 29.1 Å². The Morgan fingerprint density at radius 1 is 0.918 bits per heavy atom. The molecule has 3 aliphatic carbocycles. The zero-order chi connectivity index (χ0) is 35.3. The van der Waals surface area contributed by atoms with E-state index in [-0.39, 0.29) is 41.3 Å². The number of nitrogens with zero attached hydrogens (tertiary/aromatic N) is 3. The Bertz CT molecular complexity index is 1340. The predicted molar refractivity (Wildman–Crippen MR) is 182 cm³/mol. The first kappa shape index (κ1) is 36.7. The van der Waals surface area contributed by atoms with E-state index in [4.69, 9.17) is 0 Å². The van der Waals surface area contributed by atoms with Gasteiger partial charge in [-0.15, -0.1) is 0 Å². The van der Waals surface area contributed by atoms with Crippen LogP contribution in [0.2, 0.25) is 0 Å². The number of amides is 5. The van der Waals surface area contributed by atoms with Gasteiger partial charge in [0.25, 0.3) is 11.8 Å². The van der Waals surface area contributed by atoms with E-state index in [0.29, 0.717) is 19.4 Å². The third-order valence-corrected chi connectivity index (χ3v) is 10.8. The van der Waals surface area contributed by atoms with Crippen molar-refractivity contribution in [2.24, 2.45) is 23.2 Å². The molecule has 5 rings (SSSR count). The Kier molecular flexibility index (Phi) is 11.9. The molecule has 13 heteroatoms. The van der Waals surface area contributed by atoms with Gasteiger partial charge in [0.05, 0.1) is 12.2 Å². The summed E-state index contributed by atoms with van der Waals surface area (Å²) >= 11 is 0. The maximum Gasteiger partial charge on any atom is 0.272 e. The minimum atomic E-state index is -1.40. The molecule has 49 heavy (non-hydrogen) atoms. The van der Waals surface area contributed by atoms with Gasteiger partial charge in [-0.3, -0.25) is 29.0 Å². The van der Waals surface area contributed by atoms with Crippen LogP contribution in [0.15, 0.2) is 18.6 Å². The van der Waals surface area contributed by atoms with E-state index in [1.807, 2.05) is 27.7 Å². The lowest BCUT2D eigenvalue weighted by Gasteiger charge is -2.38. The average molecular weight is 682 g/mol. The highest BCUT2D eigenvalue weighted by Crippen LogP contribution is 2.43. The number of hydrogen-bond donors (Lipinski definition) is 5. The van der Waals surface area contributed by atoms with Crippen LogP contribution < -0.4 is 21.3 Å². The highest BCUT2D eigenvalue weighted by atomic mass is 16.3. The van der Waals surface area contributed by atoms with Crippen molar-refractivity contribution < 1.29 is 29.1 Å². The second-order valence-electron chi connectivity index (χ2n) is 15.7. The third kappa shape index (κ3) is 8.95. The van der Waals surface area contributed by atoms with Crippen molar-refractivity contribution in [3.8, 4) is 0 Å². The number of nitrogens with one attached hydrogen (secondary N) is 4. The monoisotopic (exact) mass is 681 g/mol. The van der Waals surface area contributed by atoms with Gasteiger partial charge in [0.2, 0.25) is 17.7 Å². The van der Waals surface area contributed by atoms with Crippen molar-refractivity contribution in [2.75, 3.05) is 6.54 Å². The number of likely N-dealkylation sites (tertiary alicyclic amines) is 1. The van der Waals surface area contributed by atoms with Crippen LogP contribution in [0.25, 0.3) is 0 Å². The van der Waals surface area contributed by atoms with Gasteiger partial charge in [0.1, 0.15) is 23.8 Å². The molecule has 0 radical (unpaired) electrons. The molecule has 7 atom stereocenters. The Morgan fingerprint density at radius 3 is 2.29 bits per heavy atom. The molecule has 13 nitrogen and oxygen atoms in total. The Hall–Kier alpha value is -3.61. The third-order valence-electron chi connectivity index (χ3n) is 10.8. The fourth-order valence-corrected chi connectivity index (χ4v) is 8.00. The molecule has 4 fully saturated rings. The van der Waals surface area contributed by atoms with Crippen LogP contribution in [-0.4, -0.2) is 92.4 Å². The average Bonchev–Trinajstić information content (AvgIpc) is 3.65. The fraction of sp³-hybridized carbons (Fsp3) is 0.750. The maximum absolute atomic E-state index is 14.6. The summed E-state index contributed by atoms with van der Waals surface area (Å²) in [6.07, 6.45) is 12.8. The highest BCUT2D eigenvalue weighted by Gasteiger charge is 2.52. The van der Waals surface area contributed by atoms with E-state index in [1.165, 1.54) is 18.6 Å². The second-order valence-corrected chi connectivity index (χ2v) is 15.7. The van der Waals surface area contributed by atoms with E-state index in [1.54, 1.807) is 4.90 Å². The first-order valence-corrected chi connectivity index (χ1v) is 18.4. The van der Waals surface area contributed by atoms with Gasteiger partial charge < -0.3 is 31.3 Å². The summed E-state index contributed by atoms with van der Waals surface area (Å²) in [6, 6.07) is -3.35. The van der Waals surface area contributed by atoms with E-state index < -0.39 is 53.4 Å². The van der Waals surface area contributed by atoms with Gasteiger partial charge in [0, 0.05) is 25.0 Å². The number of aromatic nitrogens is 2. The molecule has 4 aliphatic rings. The lowest BCUT2D eigenvalue weighted by Crippen LogP contribution is -2.62.